The van der Waals surface area contributed by atoms with E-state index >= 15 is 0 Å². The second-order valence-corrected chi connectivity index (χ2v) is 6.82. The monoisotopic (exact) mass is 279 g/mol. The van der Waals surface area contributed by atoms with Gasteiger partial charge in [0.05, 0.1) is 6.10 Å². The molecule has 1 aromatic heterocycles. The molecule has 0 amide bonds. The first-order valence-electron chi connectivity index (χ1n) is 6.19. The topological polar surface area (TPSA) is 23.5 Å². The molecule has 1 N–H and O–H groups in total. The molecule has 2 heterocycles. The first-order valence-corrected chi connectivity index (χ1v) is 8.23. The van der Waals surface area contributed by atoms with Gasteiger partial charge in [0.15, 0.2) is 0 Å². The Labute approximate surface area is 116 Å². The van der Waals surface area contributed by atoms with Crippen molar-refractivity contribution in [3.8, 4) is 0 Å². The summed E-state index contributed by atoms with van der Waals surface area (Å²) in [6.07, 6.45) is -0.384. The fourth-order valence-corrected chi connectivity index (χ4v) is 4.70. The van der Waals surface area contributed by atoms with E-state index < -0.39 is 0 Å². The highest BCUT2D eigenvalue weighted by Crippen LogP contribution is 2.33. The van der Waals surface area contributed by atoms with Gasteiger partial charge in [0.25, 0.3) is 0 Å². The third-order valence-corrected chi connectivity index (χ3v) is 5.66. The Morgan fingerprint density at radius 1 is 1.39 bits per heavy atom. The van der Waals surface area contributed by atoms with E-state index in [1.165, 1.54) is 15.8 Å². The standard InChI is InChI=1S/C14H17NOS2/c1-15-6-8-17-9-12(15)13(16)11-4-2-3-10-5-7-18-14(10)11/h2-5,7,12-13,16H,6,8-9H2,1H3. The number of thiophene rings is 1. The van der Waals surface area contributed by atoms with Crippen LogP contribution in [0.1, 0.15) is 11.7 Å². The van der Waals surface area contributed by atoms with Crippen molar-refractivity contribution in [2.75, 3.05) is 25.1 Å². The quantitative estimate of drug-likeness (QED) is 0.914. The molecule has 0 spiro atoms. The molecule has 2 nitrogen and oxygen atoms in total. The van der Waals surface area contributed by atoms with Crippen molar-refractivity contribution in [1.82, 2.24) is 4.90 Å². The number of aliphatic hydroxyl groups excluding tert-OH is 1. The third-order valence-electron chi connectivity index (χ3n) is 3.64. The van der Waals surface area contributed by atoms with Gasteiger partial charge in [-0.25, -0.2) is 0 Å². The highest BCUT2D eigenvalue weighted by atomic mass is 32.2. The summed E-state index contributed by atoms with van der Waals surface area (Å²) in [6, 6.07) is 8.58. The van der Waals surface area contributed by atoms with Gasteiger partial charge in [0, 0.05) is 28.8 Å². The van der Waals surface area contributed by atoms with Gasteiger partial charge in [0.2, 0.25) is 0 Å². The number of aliphatic hydroxyl groups is 1. The average molecular weight is 279 g/mol. The summed E-state index contributed by atoms with van der Waals surface area (Å²) in [5.41, 5.74) is 1.09. The molecule has 2 aromatic rings. The molecule has 3 rings (SSSR count). The summed E-state index contributed by atoms with van der Waals surface area (Å²) in [6.45, 7) is 1.06. The number of hydrogen-bond donors (Lipinski definition) is 1. The minimum absolute atomic E-state index is 0.233. The van der Waals surface area contributed by atoms with Crippen molar-refractivity contribution < 1.29 is 5.11 Å². The predicted octanol–water partition coefficient (Wildman–Crippen LogP) is 2.98. The normalized spacial score (nSPS) is 23.3. The van der Waals surface area contributed by atoms with Gasteiger partial charge in [-0.05, 0) is 29.4 Å². The Morgan fingerprint density at radius 3 is 3.11 bits per heavy atom. The van der Waals surface area contributed by atoms with Crippen molar-refractivity contribution in [2.45, 2.75) is 12.1 Å². The van der Waals surface area contributed by atoms with Crippen molar-refractivity contribution in [1.29, 1.82) is 0 Å². The maximum atomic E-state index is 10.7. The Kier molecular flexibility index (Phi) is 3.61. The van der Waals surface area contributed by atoms with Crippen molar-refractivity contribution >= 4 is 33.2 Å². The van der Waals surface area contributed by atoms with E-state index in [9.17, 15) is 5.11 Å². The van der Waals surface area contributed by atoms with Crippen LogP contribution in [0.2, 0.25) is 0 Å². The summed E-state index contributed by atoms with van der Waals surface area (Å²) in [7, 11) is 2.11. The van der Waals surface area contributed by atoms with Gasteiger partial charge in [-0.3, -0.25) is 4.90 Å². The zero-order valence-electron chi connectivity index (χ0n) is 10.4. The lowest BCUT2D eigenvalue weighted by Crippen LogP contribution is -2.43. The summed E-state index contributed by atoms with van der Waals surface area (Å²) in [5, 5.41) is 14.0. The lowest BCUT2D eigenvalue weighted by Gasteiger charge is -2.35. The Morgan fingerprint density at radius 2 is 2.28 bits per heavy atom. The van der Waals surface area contributed by atoms with E-state index in [0.29, 0.717) is 0 Å². The van der Waals surface area contributed by atoms with Gasteiger partial charge in [-0.15, -0.1) is 11.3 Å². The second-order valence-electron chi connectivity index (χ2n) is 4.75. The van der Waals surface area contributed by atoms with Crippen molar-refractivity contribution in [2.24, 2.45) is 0 Å². The minimum atomic E-state index is -0.384. The van der Waals surface area contributed by atoms with Gasteiger partial charge >= 0.3 is 0 Å². The molecule has 0 radical (unpaired) electrons. The van der Waals surface area contributed by atoms with Gasteiger partial charge < -0.3 is 5.11 Å². The van der Waals surface area contributed by atoms with E-state index in [1.807, 2.05) is 17.8 Å². The molecule has 0 saturated carbocycles. The number of hydrogen-bond acceptors (Lipinski definition) is 4. The zero-order valence-corrected chi connectivity index (χ0v) is 12.0. The smallest absolute Gasteiger partial charge is 0.0966 e. The number of thioether (sulfide) groups is 1. The maximum absolute atomic E-state index is 10.7. The molecule has 0 bridgehead atoms. The van der Waals surface area contributed by atoms with Gasteiger partial charge in [-0.1, -0.05) is 18.2 Å². The van der Waals surface area contributed by atoms with Gasteiger partial charge in [-0.2, -0.15) is 11.8 Å². The molecule has 1 aromatic carbocycles. The summed E-state index contributed by atoms with van der Waals surface area (Å²) in [5.74, 6) is 2.18. The first kappa shape index (κ1) is 12.5. The Bertz CT molecular complexity index is 539. The molecule has 4 heteroatoms. The third kappa shape index (κ3) is 2.18. The van der Waals surface area contributed by atoms with E-state index in [1.54, 1.807) is 11.3 Å². The highest BCUT2D eigenvalue weighted by Gasteiger charge is 2.28. The Balaban J connectivity index is 1.95. The molecule has 2 unspecified atom stereocenters. The molecular formula is C14H17NOS2. The van der Waals surface area contributed by atoms with Crippen LogP contribution < -0.4 is 0 Å². The summed E-state index contributed by atoms with van der Waals surface area (Å²) in [4.78, 5) is 2.29. The highest BCUT2D eigenvalue weighted by molar-refractivity contribution is 7.99. The van der Waals surface area contributed by atoms with E-state index in [4.69, 9.17) is 0 Å². The molecule has 96 valence electrons. The van der Waals surface area contributed by atoms with Crippen LogP contribution in [0.3, 0.4) is 0 Å². The molecule has 1 saturated heterocycles. The van der Waals surface area contributed by atoms with Crippen LogP contribution in [0.25, 0.3) is 10.1 Å². The van der Waals surface area contributed by atoms with E-state index in [0.717, 1.165) is 17.9 Å². The SMILES string of the molecule is CN1CCSCC1C(O)c1cccc2ccsc12. The van der Waals surface area contributed by atoms with Crippen LogP contribution in [0, 0.1) is 0 Å². The first-order chi connectivity index (χ1) is 8.77. The fraction of sp³-hybridized carbons (Fsp3) is 0.429. The number of fused-ring (bicyclic) bond motifs is 1. The lowest BCUT2D eigenvalue weighted by molar-refractivity contribution is 0.0770. The number of rotatable bonds is 2. The largest absolute Gasteiger partial charge is 0.387 e. The molecule has 2 atom stereocenters. The molecule has 0 aliphatic carbocycles. The summed E-state index contributed by atoms with van der Waals surface area (Å²) < 4.78 is 1.23. The molecular weight excluding hydrogens is 262 g/mol. The number of nitrogens with zero attached hydrogens (tertiary/aromatic N) is 1. The van der Waals surface area contributed by atoms with Crippen molar-refractivity contribution in [3.05, 3.63) is 35.2 Å². The van der Waals surface area contributed by atoms with Crippen LogP contribution in [0.15, 0.2) is 29.6 Å². The average Bonchev–Trinajstić information content (AvgIpc) is 2.86. The van der Waals surface area contributed by atoms with Crippen molar-refractivity contribution in [3.63, 3.8) is 0 Å². The summed E-state index contributed by atoms with van der Waals surface area (Å²) >= 11 is 3.66. The minimum Gasteiger partial charge on any atom is -0.387 e. The zero-order chi connectivity index (χ0) is 12.5. The fourth-order valence-electron chi connectivity index (χ4n) is 2.49. The van der Waals surface area contributed by atoms with Crippen LogP contribution in [0.4, 0.5) is 0 Å². The van der Waals surface area contributed by atoms with E-state index in [-0.39, 0.29) is 12.1 Å². The Hall–Kier alpha value is -0.550. The number of benzene rings is 1. The lowest BCUT2D eigenvalue weighted by atomic mass is 10.0. The van der Waals surface area contributed by atoms with E-state index in [2.05, 4.69) is 35.5 Å². The molecule has 1 aliphatic heterocycles. The van der Waals surface area contributed by atoms with Crippen LogP contribution in [-0.4, -0.2) is 41.1 Å². The molecule has 1 fully saturated rings. The molecule has 1 aliphatic rings. The van der Waals surface area contributed by atoms with Crippen LogP contribution in [-0.2, 0) is 0 Å². The van der Waals surface area contributed by atoms with Crippen LogP contribution in [0.5, 0.6) is 0 Å². The number of likely N-dealkylation sites (N-methyl/N-ethyl adjacent to an activating group) is 1. The maximum Gasteiger partial charge on any atom is 0.0966 e. The van der Waals surface area contributed by atoms with Gasteiger partial charge in [0.1, 0.15) is 0 Å². The predicted molar refractivity (Wildman–Crippen MR) is 80.5 cm³/mol. The second kappa shape index (κ2) is 5.21. The molecule has 18 heavy (non-hydrogen) atoms. The van der Waals surface area contributed by atoms with Crippen LogP contribution >= 0.6 is 23.1 Å².